The summed E-state index contributed by atoms with van der Waals surface area (Å²) in [7, 11) is 0. The Bertz CT molecular complexity index is 1890. The van der Waals surface area contributed by atoms with Crippen molar-refractivity contribution in [1.82, 2.24) is 0 Å². The summed E-state index contributed by atoms with van der Waals surface area (Å²) in [6, 6.07) is 16.9. The molecule has 0 aromatic heterocycles. The molecule has 0 radical (unpaired) electrons. The normalized spacial score (nSPS) is 27.2. The lowest BCUT2D eigenvalue weighted by Crippen LogP contribution is -2.43. The van der Waals surface area contributed by atoms with Crippen LogP contribution in [0.5, 0.6) is 5.75 Å². The van der Waals surface area contributed by atoms with E-state index in [2.05, 4.69) is 0 Å². The van der Waals surface area contributed by atoms with Crippen LogP contribution in [0.2, 0.25) is 0 Å². The molecule has 2 heterocycles. The zero-order valence-corrected chi connectivity index (χ0v) is 23.4. The molecular formula is C32H24N4O9. The zero-order chi connectivity index (χ0) is 31.7. The smallest absolute Gasteiger partial charge is 0.271 e. The van der Waals surface area contributed by atoms with E-state index in [0.29, 0.717) is 11.1 Å². The van der Waals surface area contributed by atoms with Crippen molar-refractivity contribution in [3.63, 3.8) is 0 Å². The molecule has 13 nitrogen and oxygen atoms in total. The van der Waals surface area contributed by atoms with Gasteiger partial charge < -0.3 is 5.11 Å². The largest absolute Gasteiger partial charge is 0.508 e. The van der Waals surface area contributed by atoms with Crippen LogP contribution in [-0.4, -0.2) is 38.6 Å². The van der Waals surface area contributed by atoms with Gasteiger partial charge in [-0.15, -0.1) is 0 Å². The van der Waals surface area contributed by atoms with Crippen LogP contribution < -0.4 is 9.80 Å². The molecule has 0 unspecified atom stereocenters. The lowest BCUT2D eigenvalue weighted by atomic mass is 9.57. The van der Waals surface area contributed by atoms with Gasteiger partial charge in [0.1, 0.15) is 5.75 Å². The van der Waals surface area contributed by atoms with E-state index >= 15 is 0 Å². The van der Waals surface area contributed by atoms with Gasteiger partial charge in [-0.2, -0.15) is 0 Å². The van der Waals surface area contributed by atoms with Gasteiger partial charge in [-0.3, -0.25) is 39.4 Å². The van der Waals surface area contributed by atoms with Crippen molar-refractivity contribution in [2.24, 2.45) is 29.6 Å². The Balaban J connectivity index is 1.32. The quantitative estimate of drug-likeness (QED) is 0.192. The highest BCUT2D eigenvalue weighted by molar-refractivity contribution is 6.24. The first-order valence-electron chi connectivity index (χ1n) is 14.3. The van der Waals surface area contributed by atoms with Gasteiger partial charge in [-0.1, -0.05) is 35.9 Å². The number of carbonyl (C=O) groups excluding carboxylic acids is 4. The van der Waals surface area contributed by atoms with Crippen LogP contribution in [0.3, 0.4) is 0 Å². The van der Waals surface area contributed by atoms with Gasteiger partial charge in [-0.25, -0.2) is 9.80 Å². The first kappa shape index (κ1) is 28.1. The maximum atomic E-state index is 14.1. The molecule has 2 aliphatic heterocycles. The summed E-state index contributed by atoms with van der Waals surface area (Å²) in [5.41, 5.74) is 0.825. The maximum absolute atomic E-state index is 14.1. The molecule has 0 bridgehead atoms. The Hall–Kier alpha value is -5.72. The maximum Gasteiger partial charge on any atom is 0.271 e. The second-order valence-corrected chi connectivity index (χ2v) is 11.7. The van der Waals surface area contributed by atoms with E-state index in [1.807, 2.05) is 6.08 Å². The van der Waals surface area contributed by atoms with Gasteiger partial charge in [-0.05, 0) is 48.6 Å². The van der Waals surface area contributed by atoms with Crippen molar-refractivity contribution in [3.8, 4) is 5.75 Å². The van der Waals surface area contributed by atoms with Gasteiger partial charge in [0.2, 0.25) is 23.6 Å². The summed E-state index contributed by atoms with van der Waals surface area (Å²) in [6.07, 6.45) is 2.09. The molecule has 45 heavy (non-hydrogen) atoms. The molecule has 3 aromatic rings. The number of hydrogen-bond acceptors (Lipinski definition) is 9. The van der Waals surface area contributed by atoms with E-state index in [4.69, 9.17) is 0 Å². The number of aromatic hydroxyl groups is 1. The highest BCUT2D eigenvalue weighted by atomic mass is 16.6. The molecular weight excluding hydrogens is 584 g/mol. The number of hydrogen-bond donors (Lipinski definition) is 1. The molecule has 0 spiro atoms. The Morgan fingerprint density at radius 2 is 1.22 bits per heavy atom. The number of rotatable bonds is 5. The standard InChI is InChI=1S/C32H24N4O9/c37-21-9-1-4-16(12-21)26-22-10-11-23-27(31(40)33(29(23)38)17-5-2-7-19(13-17)35(42)43)24(22)15-25-28(26)32(41)34(30(25)39)18-6-3-8-20(14-18)36(44)45/h1-10,12-14,23-28,37H,11,15H2/t23-,24+,25+,26-,27-,28+/m0/s1. The summed E-state index contributed by atoms with van der Waals surface area (Å²) in [5.74, 6) is -7.05. The van der Waals surface area contributed by atoms with E-state index < -0.39 is 69.0 Å². The number of nitrogens with zero attached hydrogens (tertiary/aromatic N) is 4. The third-order valence-electron chi connectivity index (χ3n) is 9.48. The summed E-state index contributed by atoms with van der Waals surface area (Å²) in [4.78, 5) is 79.4. The molecule has 3 fully saturated rings. The minimum atomic E-state index is -0.919. The summed E-state index contributed by atoms with van der Waals surface area (Å²) in [5, 5.41) is 33.2. The van der Waals surface area contributed by atoms with Crippen LogP contribution in [0.15, 0.2) is 84.4 Å². The number of imide groups is 2. The van der Waals surface area contributed by atoms with Gasteiger partial charge in [0.05, 0.1) is 44.9 Å². The molecule has 226 valence electrons. The van der Waals surface area contributed by atoms with Crippen LogP contribution in [0.4, 0.5) is 22.7 Å². The number of allylic oxidation sites excluding steroid dienone is 2. The van der Waals surface area contributed by atoms with Gasteiger partial charge in [0.25, 0.3) is 11.4 Å². The molecule has 1 N–H and O–H groups in total. The van der Waals surface area contributed by atoms with E-state index in [9.17, 15) is 44.5 Å². The average Bonchev–Trinajstić information content (AvgIpc) is 3.43. The van der Waals surface area contributed by atoms with E-state index in [1.54, 1.807) is 12.1 Å². The number of amides is 4. The monoisotopic (exact) mass is 608 g/mol. The van der Waals surface area contributed by atoms with Crippen LogP contribution in [0.25, 0.3) is 0 Å². The van der Waals surface area contributed by atoms with Crippen molar-refractivity contribution in [2.45, 2.75) is 18.8 Å². The Labute approximate surface area is 254 Å². The lowest BCUT2D eigenvalue weighted by molar-refractivity contribution is -0.385. The van der Waals surface area contributed by atoms with Gasteiger partial charge >= 0.3 is 0 Å². The lowest BCUT2D eigenvalue weighted by Gasteiger charge is -2.44. The van der Waals surface area contributed by atoms with Crippen LogP contribution in [0, 0.1) is 49.8 Å². The van der Waals surface area contributed by atoms with Crippen molar-refractivity contribution in [2.75, 3.05) is 9.80 Å². The number of phenols is 1. The molecule has 2 saturated heterocycles. The minimum absolute atomic E-state index is 0.0575. The second kappa shape index (κ2) is 10.2. The molecule has 13 heteroatoms. The van der Waals surface area contributed by atoms with Crippen molar-refractivity contribution in [1.29, 1.82) is 0 Å². The molecule has 4 aliphatic rings. The van der Waals surface area contributed by atoms with Crippen LogP contribution in [-0.2, 0) is 19.2 Å². The van der Waals surface area contributed by atoms with Gasteiger partial charge in [0.15, 0.2) is 0 Å². The number of nitro groups is 2. The fraction of sp³-hybridized carbons (Fsp3) is 0.250. The number of fused-ring (bicyclic) bond motifs is 4. The Kier molecular flexibility index (Phi) is 6.35. The van der Waals surface area contributed by atoms with Crippen LogP contribution in [0.1, 0.15) is 24.3 Å². The number of benzene rings is 3. The molecule has 6 atom stereocenters. The Morgan fingerprint density at radius 3 is 1.80 bits per heavy atom. The Morgan fingerprint density at radius 1 is 0.667 bits per heavy atom. The topological polar surface area (TPSA) is 181 Å². The molecule has 1 saturated carbocycles. The predicted molar refractivity (Wildman–Crippen MR) is 157 cm³/mol. The molecule has 2 aliphatic carbocycles. The third-order valence-corrected chi connectivity index (χ3v) is 9.48. The summed E-state index contributed by atoms with van der Waals surface area (Å²) >= 11 is 0. The molecule has 3 aromatic carbocycles. The average molecular weight is 609 g/mol. The molecule has 4 amide bonds. The minimum Gasteiger partial charge on any atom is -0.508 e. The second-order valence-electron chi connectivity index (χ2n) is 11.7. The van der Waals surface area contributed by atoms with E-state index in [0.717, 1.165) is 15.9 Å². The highest BCUT2D eigenvalue weighted by Crippen LogP contribution is 2.58. The first-order chi connectivity index (χ1) is 21.6. The van der Waals surface area contributed by atoms with Crippen LogP contribution >= 0.6 is 0 Å². The number of non-ortho nitro benzene ring substituents is 2. The van der Waals surface area contributed by atoms with Crippen molar-refractivity contribution >= 4 is 46.4 Å². The van der Waals surface area contributed by atoms with Gasteiger partial charge in [0, 0.05) is 30.2 Å². The van der Waals surface area contributed by atoms with Crippen molar-refractivity contribution < 1.29 is 34.1 Å². The number of carbonyl (C=O) groups is 4. The van der Waals surface area contributed by atoms with E-state index in [1.165, 1.54) is 54.6 Å². The SMILES string of the molecule is O=C1[C@H]2[C@H](CC=C3[C@H]2C[C@H]2C(=O)N(c4cccc([N+](=O)[O-])c4)C(=O)[C@H]2[C@H]3c2cccc(O)c2)C(=O)N1c1cccc([N+](=O)[O-])c1. The fourth-order valence-corrected chi connectivity index (χ4v) is 7.68. The fourth-order valence-electron chi connectivity index (χ4n) is 7.68. The highest BCUT2D eigenvalue weighted by Gasteiger charge is 2.62. The number of nitro benzene ring substituents is 2. The first-order valence-corrected chi connectivity index (χ1v) is 14.3. The zero-order valence-electron chi connectivity index (χ0n) is 23.4. The number of phenolic OH excluding ortho intramolecular Hbond substituents is 1. The number of anilines is 2. The van der Waals surface area contributed by atoms with Crippen molar-refractivity contribution in [3.05, 3.63) is 110 Å². The third kappa shape index (κ3) is 4.22. The summed E-state index contributed by atoms with van der Waals surface area (Å²) < 4.78 is 0. The van der Waals surface area contributed by atoms with E-state index in [-0.39, 0.29) is 41.3 Å². The molecule has 7 rings (SSSR count). The predicted octanol–water partition coefficient (Wildman–Crippen LogP) is 4.25. The summed E-state index contributed by atoms with van der Waals surface area (Å²) in [6.45, 7) is 0.